The van der Waals surface area contributed by atoms with Gasteiger partial charge in [-0.15, -0.1) is 11.3 Å². The number of carbonyl (C=O) groups excluding carboxylic acids is 1. The largest absolute Gasteiger partial charge is 0.455 e. The first kappa shape index (κ1) is 17.8. The first-order chi connectivity index (χ1) is 12.7. The van der Waals surface area contributed by atoms with Gasteiger partial charge in [-0.2, -0.15) is 0 Å². The zero-order valence-electron chi connectivity index (χ0n) is 15.0. The number of furan rings is 1. The molecule has 2 fully saturated rings. The molecule has 5 nitrogen and oxygen atoms in total. The molecule has 1 amide bonds. The van der Waals surface area contributed by atoms with Crippen LogP contribution in [-0.2, 0) is 6.54 Å². The summed E-state index contributed by atoms with van der Waals surface area (Å²) in [5.74, 6) is 1.51. The van der Waals surface area contributed by atoms with Gasteiger partial charge in [-0.25, -0.2) is 0 Å². The second-order valence-corrected chi connectivity index (χ2v) is 8.32. The predicted molar refractivity (Wildman–Crippen MR) is 101 cm³/mol. The smallest absolute Gasteiger partial charge is 0.289 e. The Morgan fingerprint density at radius 3 is 2.65 bits per heavy atom. The van der Waals surface area contributed by atoms with E-state index in [9.17, 15) is 9.90 Å². The summed E-state index contributed by atoms with van der Waals surface area (Å²) in [6.07, 6.45) is 3.73. The number of nitrogens with zero attached hydrogens (tertiary/aromatic N) is 2. The minimum absolute atomic E-state index is 0.0262. The van der Waals surface area contributed by atoms with Gasteiger partial charge in [0.1, 0.15) is 5.76 Å². The molecule has 4 rings (SSSR count). The molecule has 0 aromatic carbocycles. The first-order valence-corrected chi connectivity index (χ1v) is 10.4. The Balaban J connectivity index is 1.31. The highest BCUT2D eigenvalue weighted by Crippen LogP contribution is 2.33. The molecule has 1 N–H and O–H groups in total. The molecule has 0 unspecified atom stereocenters. The third-order valence-corrected chi connectivity index (χ3v) is 6.50. The van der Waals surface area contributed by atoms with Crippen molar-refractivity contribution in [1.29, 1.82) is 0 Å². The van der Waals surface area contributed by atoms with Gasteiger partial charge in [0.25, 0.3) is 5.91 Å². The van der Waals surface area contributed by atoms with Gasteiger partial charge in [0, 0.05) is 18.0 Å². The molecule has 0 radical (unpaired) electrons. The Hall–Kier alpha value is -1.63. The molecular weight excluding hydrogens is 348 g/mol. The average Bonchev–Trinajstić information content (AvgIpc) is 3.43. The lowest BCUT2D eigenvalue weighted by Gasteiger charge is -2.33. The van der Waals surface area contributed by atoms with Crippen molar-refractivity contribution in [3.05, 3.63) is 46.0 Å². The van der Waals surface area contributed by atoms with Crippen molar-refractivity contribution in [2.24, 2.45) is 5.92 Å². The van der Waals surface area contributed by atoms with Gasteiger partial charge in [-0.05, 0) is 68.3 Å². The summed E-state index contributed by atoms with van der Waals surface area (Å²) >= 11 is 1.59. The summed E-state index contributed by atoms with van der Waals surface area (Å²) in [6, 6.07) is 7.69. The SMILES string of the molecule is O=C(c1ccc(CN2CCCC2)o1)N1CCC([C@@H](O)c2cccs2)CC1. The van der Waals surface area contributed by atoms with Crippen LogP contribution in [0.5, 0.6) is 0 Å². The normalized spacial score (nSPS) is 20.6. The van der Waals surface area contributed by atoms with Gasteiger partial charge in [0.2, 0.25) is 0 Å². The van der Waals surface area contributed by atoms with Crippen molar-refractivity contribution < 1.29 is 14.3 Å². The topological polar surface area (TPSA) is 56.9 Å². The maximum absolute atomic E-state index is 12.7. The van der Waals surface area contributed by atoms with Crippen LogP contribution in [0.15, 0.2) is 34.1 Å². The predicted octanol–water partition coefficient (Wildman–Crippen LogP) is 3.52. The quantitative estimate of drug-likeness (QED) is 0.870. The fourth-order valence-electron chi connectivity index (χ4n) is 4.00. The number of hydrogen-bond acceptors (Lipinski definition) is 5. The molecule has 2 saturated heterocycles. The number of piperidine rings is 1. The summed E-state index contributed by atoms with van der Waals surface area (Å²) in [7, 11) is 0. The summed E-state index contributed by atoms with van der Waals surface area (Å²) in [6.45, 7) is 4.37. The number of amides is 1. The van der Waals surface area contributed by atoms with Gasteiger partial charge in [-0.3, -0.25) is 9.69 Å². The number of carbonyl (C=O) groups is 1. The first-order valence-electron chi connectivity index (χ1n) is 9.52. The van der Waals surface area contributed by atoms with Gasteiger partial charge in [0.15, 0.2) is 5.76 Å². The van der Waals surface area contributed by atoms with E-state index >= 15 is 0 Å². The number of rotatable bonds is 5. The van der Waals surface area contributed by atoms with Crippen molar-refractivity contribution in [1.82, 2.24) is 9.80 Å². The third-order valence-electron chi connectivity index (χ3n) is 5.56. The van der Waals surface area contributed by atoms with Crippen LogP contribution in [0.1, 0.15) is 53.0 Å². The van der Waals surface area contributed by atoms with E-state index < -0.39 is 6.10 Å². The van der Waals surface area contributed by atoms with Crippen molar-refractivity contribution in [2.45, 2.75) is 38.3 Å². The maximum atomic E-state index is 12.7. The summed E-state index contributed by atoms with van der Waals surface area (Å²) in [5.41, 5.74) is 0. The van der Waals surface area contributed by atoms with Gasteiger partial charge in [-0.1, -0.05) is 6.07 Å². The molecule has 1 atom stereocenters. The third kappa shape index (κ3) is 3.87. The fourth-order valence-corrected chi connectivity index (χ4v) is 4.81. The number of likely N-dealkylation sites (tertiary alicyclic amines) is 2. The molecule has 2 aliphatic heterocycles. The lowest BCUT2D eigenvalue weighted by Crippen LogP contribution is -2.39. The highest BCUT2D eigenvalue weighted by atomic mass is 32.1. The lowest BCUT2D eigenvalue weighted by atomic mass is 9.90. The molecule has 6 heteroatoms. The van der Waals surface area contributed by atoms with E-state index in [0.717, 1.165) is 43.1 Å². The van der Waals surface area contributed by atoms with Crippen molar-refractivity contribution in [3.8, 4) is 0 Å². The number of hydrogen-bond donors (Lipinski definition) is 1. The molecule has 0 aliphatic carbocycles. The molecule has 26 heavy (non-hydrogen) atoms. The van der Waals surface area contributed by atoms with Crippen molar-refractivity contribution in [2.75, 3.05) is 26.2 Å². The van der Waals surface area contributed by atoms with E-state index in [2.05, 4.69) is 4.90 Å². The lowest BCUT2D eigenvalue weighted by molar-refractivity contribution is 0.0451. The van der Waals surface area contributed by atoms with Crippen molar-refractivity contribution in [3.63, 3.8) is 0 Å². The number of aliphatic hydroxyl groups excluding tert-OH is 1. The van der Waals surface area contributed by atoms with E-state index in [1.54, 1.807) is 17.4 Å². The monoisotopic (exact) mass is 374 g/mol. The van der Waals surface area contributed by atoms with E-state index in [-0.39, 0.29) is 11.8 Å². The second kappa shape index (κ2) is 7.94. The Kier molecular flexibility index (Phi) is 5.43. The van der Waals surface area contributed by atoms with Crippen LogP contribution in [0, 0.1) is 5.92 Å². The Morgan fingerprint density at radius 2 is 1.96 bits per heavy atom. The summed E-state index contributed by atoms with van der Waals surface area (Å²) < 4.78 is 5.81. The fraction of sp³-hybridized carbons (Fsp3) is 0.550. The standard InChI is InChI=1S/C20H26N2O3S/c23-19(18-4-3-13-26-18)15-7-11-22(12-8-15)20(24)17-6-5-16(25-17)14-21-9-1-2-10-21/h3-6,13,15,19,23H,1-2,7-12,14H2/t19-/m1/s1. The molecular formula is C20H26N2O3S. The van der Waals surface area contributed by atoms with Crippen LogP contribution < -0.4 is 0 Å². The molecule has 2 aliphatic rings. The number of aliphatic hydroxyl groups is 1. The van der Waals surface area contributed by atoms with Gasteiger partial charge in [0.05, 0.1) is 12.6 Å². The molecule has 2 aromatic rings. The maximum Gasteiger partial charge on any atom is 0.289 e. The zero-order valence-corrected chi connectivity index (χ0v) is 15.8. The van der Waals surface area contributed by atoms with Gasteiger partial charge >= 0.3 is 0 Å². The van der Waals surface area contributed by atoms with Crippen LogP contribution >= 0.6 is 11.3 Å². The highest BCUT2D eigenvalue weighted by Gasteiger charge is 2.30. The van der Waals surface area contributed by atoms with E-state index in [4.69, 9.17) is 4.42 Å². The minimum atomic E-state index is -0.414. The second-order valence-electron chi connectivity index (χ2n) is 7.34. The van der Waals surface area contributed by atoms with Gasteiger partial charge < -0.3 is 14.4 Å². The molecule has 0 spiro atoms. The molecule has 4 heterocycles. The van der Waals surface area contributed by atoms with Crippen LogP contribution in [0.2, 0.25) is 0 Å². The summed E-state index contributed by atoms with van der Waals surface area (Å²) in [4.78, 5) is 18.0. The van der Waals surface area contributed by atoms with E-state index in [1.807, 2.05) is 28.5 Å². The average molecular weight is 375 g/mol. The molecule has 0 bridgehead atoms. The zero-order chi connectivity index (χ0) is 17.9. The molecule has 2 aromatic heterocycles. The molecule has 140 valence electrons. The van der Waals surface area contributed by atoms with Crippen molar-refractivity contribution >= 4 is 17.2 Å². The Labute approximate surface area is 158 Å². The Bertz CT molecular complexity index is 713. The van der Waals surface area contributed by atoms with Crippen LogP contribution in [-0.4, -0.2) is 47.0 Å². The number of thiophene rings is 1. The Morgan fingerprint density at radius 1 is 1.19 bits per heavy atom. The summed E-state index contributed by atoms with van der Waals surface area (Å²) in [5, 5.41) is 12.5. The molecule has 0 saturated carbocycles. The van der Waals surface area contributed by atoms with E-state index in [0.29, 0.717) is 18.8 Å². The highest BCUT2D eigenvalue weighted by molar-refractivity contribution is 7.10. The van der Waals surface area contributed by atoms with Crippen LogP contribution in [0.25, 0.3) is 0 Å². The van der Waals surface area contributed by atoms with E-state index in [1.165, 1.54) is 12.8 Å². The minimum Gasteiger partial charge on any atom is -0.455 e. The van der Waals surface area contributed by atoms with Crippen LogP contribution in [0.4, 0.5) is 0 Å². The van der Waals surface area contributed by atoms with Crippen LogP contribution in [0.3, 0.4) is 0 Å².